The van der Waals surface area contributed by atoms with E-state index in [0.717, 1.165) is 44.5 Å². The highest BCUT2D eigenvalue weighted by molar-refractivity contribution is 5.82. The Kier molecular flexibility index (Phi) is 5.04. The molecule has 0 bridgehead atoms. The average Bonchev–Trinajstić information content (AvgIpc) is 3.40. The maximum atomic E-state index is 12.6. The first-order chi connectivity index (χ1) is 11.5. The Labute approximate surface area is 144 Å². The van der Waals surface area contributed by atoms with Crippen molar-refractivity contribution < 1.29 is 9.53 Å². The fraction of sp³-hybridized carbons (Fsp3) is 0.722. The normalized spacial score (nSPS) is 20.0. The molecule has 1 amide bonds. The first-order valence-electron chi connectivity index (χ1n) is 8.89. The lowest BCUT2D eigenvalue weighted by Crippen LogP contribution is -2.49. The van der Waals surface area contributed by atoms with E-state index in [1.807, 2.05) is 13.8 Å². The lowest BCUT2D eigenvalue weighted by atomic mass is 9.92. The number of carbonyl (C=O) groups excluding carboxylic acids is 1. The van der Waals surface area contributed by atoms with Crippen LogP contribution in [0.2, 0.25) is 0 Å². The molecule has 2 fully saturated rings. The third kappa shape index (κ3) is 4.23. The molecule has 1 saturated carbocycles. The molecule has 1 saturated heterocycles. The van der Waals surface area contributed by atoms with E-state index >= 15 is 0 Å². The summed E-state index contributed by atoms with van der Waals surface area (Å²) in [6, 6.07) is 0.270. The van der Waals surface area contributed by atoms with Gasteiger partial charge in [-0.25, -0.2) is 4.98 Å². The molecular formula is C18H28N4O2. The van der Waals surface area contributed by atoms with Crippen LogP contribution in [0.25, 0.3) is 0 Å². The van der Waals surface area contributed by atoms with E-state index in [9.17, 15) is 4.79 Å². The van der Waals surface area contributed by atoms with Gasteiger partial charge in [0.15, 0.2) is 0 Å². The third-order valence-electron chi connectivity index (χ3n) is 4.89. The van der Waals surface area contributed by atoms with Gasteiger partial charge in [0.25, 0.3) is 0 Å². The van der Waals surface area contributed by atoms with Crippen molar-refractivity contribution >= 4 is 5.91 Å². The van der Waals surface area contributed by atoms with Gasteiger partial charge in [0, 0.05) is 24.4 Å². The topological polar surface area (TPSA) is 67.4 Å². The second-order valence-electron chi connectivity index (χ2n) is 7.74. The van der Waals surface area contributed by atoms with Crippen molar-refractivity contribution in [2.24, 2.45) is 5.41 Å². The summed E-state index contributed by atoms with van der Waals surface area (Å²) < 4.78 is 5.89. The first kappa shape index (κ1) is 17.1. The molecule has 0 unspecified atom stereocenters. The van der Waals surface area contributed by atoms with Crippen molar-refractivity contribution in [2.45, 2.75) is 51.5 Å². The summed E-state index contributed by atoms with van der Waals surface area (Å²) in [7, 11) is 2.12. The van der Waals surface area contributed by atoms with E-state index in [-0.39, 0.29) is 11.9 Å². The number of hydrogen-bond donors (Lipinski definition) is 1. The SMILES string of the molecule is CN1CCC(NC(=O)C(C)(C)COc2nccnc2C2CC2)CC1. The van der Waals surface area contributed by atoms with Gasteiger partial charge >= 0.3 is 0 Å². The summed E-state index contributed by atoms with van der Waals surface area (Å²) >= 11 is 0. The van der Waals surface area contributed by atoms with E-state index in [2.05, 4.69) is 27.2 Å². The monoisotopic (exact) mass is 332 g/mol. The molecule has 1 N–H and O–H groups in total. The molecule has 6 heteroatoms. The molecule has 6 nitrogen and oxygen atoms in total. The molecule has 1 aliphatic carbocycles. The summed E-state index contributed by atoms with van der Waals surface area (Å²) in [6.45, 7) is 6.22. The van der Waals surface area contributed by atoms with E-state index in [1.54, 1.807) is 12.4 Å². The number of piperidine rings is 1. The average molecular weight is 332 g/mol. The molecule has 0 aromatic carbocycles. The van der Waals surface area contributed by atoms with Gasteiger partial charge < -0.3 is 15.0 Å². The van der Waals surface area contributed by atoms with Crippen LogP contribution in [-0.2, 0) is 4.79 Å². The smallest absolute Gasteiger partial charge is 0.235 e. The Balaban J connectivity index is 1.54. The number of nitrogens with zero attached hydrogens (tertiary/aromatic N) is 3. The highest BCUT2D eigenvalue weighted by Crippen LogP contribution is 2.42. The van der Waals surface area contributed by atoms with Crippen LogP contribution >= 0.6 is 0 Å². The fourth-order valence-electron chi connectivity index (χ4n) is 2.93. The summed E-state index contributed by atoms with van der Waals surface area (Å²) in [5, 5.41) is 3.18. The summed E-state index contributed by atoms with van der Waals surface area (Å²) in [5.74, 6) is 1.11. The van der Waals surface area contributed by atoms with E-state index < -0.39 is 5.41 Å². The zero-order chi connectivity index (χ0) is 17.2. The highest BCUT2D eigenvalue weighted by Gasteiger charge is 2.33. The minimum atomic E-state index is -0.596. The van der Waals surface area contributed by atoms with Crippen molar-refractivity contribution in [1.29, 1.82) is 0 Å². The van der Waals surface area contributed by atoms with Crippen LogP contribution < -0.4 is 10.1 Å². The molecule has 2 heterocycles. The van der Waals surface area contributed by atoms with Crippen LogP contribution in [0.4, 0.5) is 0 Å². The van der Waals surface area contributed by atoms with Gasteiger partial charge in [-0.1, -0.05) is 0 Å². The predicted molar refractivity (Wildman–Crippen MR) is 91.9 cm³/mol. The number of amides is 1. The first-order valence-corrected chi connectivity index (χ1v) is 8.89. The highest BCUT2D eigenvalue weighted by atomic mass is 16.5. The minimum Gasteiger partial charge on any atom is -0.475 e. The van der Waals surface area contributed by atoms with Crippen molar-refractivity contribution in [3.05, 3.63) is 18.1 Å². The van der Waals surface area contributed by atoms with Crippen LogP contribution in [0.15, 0.2) is 12.4 Å². The van der Waals surface area contributed by atoms with Gasteiger partial charge in [0.2, 0.25) is 11.8 Å². The Bertz CT molecular complexity index is 578. The van der Waals surface area contributed by atoms with Crippen LogP contribution in [0.1, 0.15) is 51.1 Å². The van der Waals surface area contributed by atoms with Gasteiger partial charge in [0.05, 0.1) is 5.41 Å². The van der Waals surface area contributed by atoms with Gasteiger partial charge in [-0.3, -0.25) is 9.78 Å². The number of carbonyl (C=O) groups is 1. The molecule has 3 rings (SSSR count). The Morgan fingerprint density at radius 3 is 2.58 bits per heavy atom. The van der Waals surface area contributed by atoms with Crippen molar-refractivity contribution in [3.63, 3.8) is 0 Å². The molecule has 1 aromatic rings. The third-order valence-corrected chi connectivity index (χ3v) is 4.89. The molecule has 0 radical (unpaired) electrons. The number of nitrogens with one attached hydrogen (secondary N) is 1. The van der Waals surface area contributed by atoms with Crippen LogP contribution in [0, 0.1) is 5.41 Å². The number of rotatable bonds is 6. The molecule has 2 aliphatic rings. The Morgan fingerprint density at radius 1 is 1.25 bits per heavy atom. The maximum Gasteiger partial charge on any atom is 0.235 e. The number of ether oxygens (including phenoxy) is 1. The van der Waals surface area contributed by atoms with Crippen molar-refractivity contribution in [3.8, 4) is 5.88 Å². The summed E-state index contributed by atoms with van der Waals surface area (Å²) in [4.78, 5) is 23.6. The molecule has 0 atom stereocenters. The van der Waals surface area contributed by atoms with Crippen molar-refractivity contribution in [1.82, 2.24) is 20.2 Å². The van der Waals surface area contributed by atoms with Gasteiger partial charge in [-0.2, -0.15) is 0 Å². The van der Waals surface area contributed by atoms with Gasteiger partial charge in [-0.15, -0.1) is 0 Å². The molecule has 132 valence electrons. The largest absolute Gasteiger partial charge is 0.475 e. The fourth-order valence-corrected chi connectivity index (χ4v) is 2.93. The molecular weight excluding hydrogens is 304 g/mol. The quantitative estimate of drug-likeness (QED) is 0.863. The summed E-state index contributed by atoms with van der Waals surface area (Å²) in [6.07, 6.45) is 7.67. The number of aromatic nitrogens is 2. The maximum absolute atomic E-state index is 12.6. The second kappa shape index (κ2) is 7.05. The molecule has 1 aliphatic heterocycles. The van der Waals surface area contributed by atoms with Gasteiger partial charge in [-0.05, 0) is 59.7 Å². The number of likely N-dealkylation sites (tertiary alicyclic amines) is 1. The zero-order valence-electron chi connectivity index (χ0n) is 14.9. The standard InChI is InChI=1S/C18H28N4O2/c1-18(2,17(23)21-14-6-10-22(3)11-7-14)12-24-16-15(13-4-5-13)19-8-9-20-16/h8-9,13-14H,4-7,10-12H2,1-3H3,(H,21,23). The van der Waals surface area contributed by atoms with Gasteiger partial charge in [0.1, 0.15) is 12.3 Å². The lowest BCUT2D eigenvalue weighted by molar-refractivity contribution is -0.132. The molecule has 0 spiro atoms. The second-order valence-corrected chi connectivity index (χ2v) is 7.74. The summed E-state index contributed by atoms with van der Waals surface area (Å²) in [5.41, 5.74) is 0.339. The van der Waals surface area contributed by atoms with Crippen LogP contribution in [-0.4, -0.2) is 53.6 Å². The molecule has 1 aromatic heterocycles. The predicted octanol–water partition coefficient (Wildman–Crippen LogP) is 1.97. The van der Waals surface area contributed by atoms with Crippen LogP contribution in [0.3, 0.4) is 0 Å². The Hall–Kier alpha value is -1.69. The van der Waals surface area contributed by atoms with E-state index in [4.69, 9.17) is 4.74 Å². The lowest BCUT2D eigenvalue weighted by Gasteiger charge is -2.32. The minimum absolute atomic E-state index is 0.0499. The number of hydrogen-bond acceptors (Lipinski definition) is 5. The Morgan fingerprint density at radius 2 is 1.92 bits per heavy atom. The molecule has 24 heavy (non-hydrogen) atoms. The van der Waals surface area contributed by atoms with E-state index in [0.29, 0.717) is 18.4 Å². The van der Waals surface area contributed by atoms with Crippen LogP contribution in [0.5, 0.6) is 5.88 Å². The van der Waals surface area contributed by atoms with Crippen molar-refractivity contribution in [2.75, 3.05) is 26.7 Å². The zero-order valence-corrected chi connectivity index (χ0v) is 14.9. The van der Waals surface area contributed by atoms with E-state index in [1.165, 1.54) is 0 Å².